The number of nitrogens with two attached hydrogens (primary N) is 1. The molecule has 5 nitrogen and oxygen atoms in total. The molecule has 1 amide bonds. The van der Waals surface area contributed by atoms with E-state index in [1.54, 1.807) is 4.90 Å². The largest absolute Gasteiger partial charge is 0.409 e. The summed E-state index contributed by atoms with van der Waals surface area (Å²) in [5, 5.41) is 13.6. The lowest BCUT2D eigenvalue weighted by atomic mass is 10.2. The summed E-state index contributed by atoms with van der Waals surface area (Å²) >= 11 is 1.43. The lowest BCUT2D eigenvalue weighted by Gasteiger charge is -2.23. The molecule has 6 heteroatoms. The molecular formula is C11H15N3O2S. The number of amidine groups is 1. The van der Waals surface area contributed by atoms with Crippen LogP contribution < -0.4 is 5.73 Å². The molecule has 0 radical (unpaired) electrons. The summed E-state index contributed by atoms with van der Waals surface area (Å²) in [6.45, 7) is 2.58. The molecule has 1 aliphatic heterocycles. The van der Waals surface area contributed by atoms with Crippen LogP contribution in [0.4, 0.5) is 0 Å². The van der Waals surface area contributed by atoms with Crippen LogP contribution in [-0.2, 0) is 0 Å². The maximum Gasteiger partial charge on any atom is 0.264 e. The van der Waals surface area contributed by atoms with Gasteiger partial charge in [0.25, 0.3) is 5.91 Å². The second-order valence-electron chi connectivity index (χ2n) is 4.11. The summed E-state index contributed by atoms with van der Waals surface area (Å²) in [5.41, 5.74) is 6.58. The first-order chi connectivity index (χ1) is 8.15. The average molecular weight is 253 g/mol. The van der Waals surface area contributed by atoms with Crippen molar-refractivity contribution in [1.82, 2.24) is 4.90 Å². The van der Waals surface area contributed by atoms with Crippen LogP contribution in [0.3, 0.4) is 0 Å². The van der Waals surface area contributed by atoms with Gasteiger partial charge in [-0.3, -0.25) is 4.79 Å². The molecule has 92 valence electrons. The number of amides is 1. The summed E-state index contributed by atoms with van der Waals surface area (Å²) in [5.74, 6) is 0.0941. The Morgan fingerprint density at radius 3 is 3.06 bits per heavy atom. The van der Waals surface area contributed by atoms with E-state index in [9.17, 15) is 4.79 Å². The molecule has 1 aromatic heterocycles. The van der Waals surface area contributed by atoms with Gasteiger partial charge in [0.2, 0.25) is 0 Å². The zero-order chi connectivity index (χ0) is 12.4. The van der Waals surface area contributed by atoms with Gasteiger partial charge in [0.1, 0.15) is 0 Å². The van der Waals surface area contributed by atoms with Crippen molar-refractivity contribution < 1.29 is 10.0 Å². The Balaban J connectivity index is 2.23. The number of likely N-dealkylation sites (tertiary alicyclic amines) is 1. The maximum absolute atomic E-state index is 12.3. The number of aryl methyl sites for hydroxylation is 1. The first-order valence-electron chi connectivity index (χ1n) is 5.47. The Kier molecular flexibility index (Phi) is 3.33. The zero-order valence-electron chi connectivity index (χ0n) is 9.59. The van der Waals surface area contributed by atoms with Crippen LogP contribution in [0.15, 0.2) is 16.6 Å². The van der Waals surface area contributed by atoms with Gasteiger partial charge < -0.3 is 15.8 Å². The monoisotopic (exact) mass is 253 g/mol. The molecule has 0 aromatic carbocycles. The second kappa shape index (κ2) is 4.75. The fourth-order valence-electron chi connectivity index (χ4n) is 2.11. The molecule has 1 atom stereocenters. The third-order valence-corrected chi connectivity index (χ3v) is 4.03. The Morgan fingerprint density at radius 2 is 2.47 bits per heavy atom. The van der Waals surface area contributed by atoms with Crippen molar-refractivity contribution in [3.63, 3.8) is 0 Å². The first kappa shape index (κ1) is 11.9. The van der Waals surface area contributed by atoms with Crippen LogP contribution in [0.1, 0.15) is 28.1 Å². The van der Waals surface area contributed by atoms with Crippen molar-refractivity contribution in [2.45, 2.75) is 25.8 Å². The second-order valence-corrected chi connectivity index (χ2v) is 5.03. The van der Waals surface area contributed by atoms with E-state index >= 15 is 0 Å². The molecule has 0 bridgehead atoms. The highest BCUT2D eigenvalue weighted by molar-refractivity contribution is 7.12. The Hall–Kier alpha value is -1.56. The van der Waals surface area contributed by atoms with Crippen molar-refractivity contribution >= 4 is 23.1 Å². The number of nitrogens with zero attached hydrogens (tertiary/aromatic N) is 2. The number of hydrogen-bond acceptors (Lipinski definition) is 4. The molecule has 0 saturated carbocycles. The van der Waals surface area contributed by atoms with E-state index in [0.717, 1.165) is 23.3 Å². The van der Waals surface area contributed by atoms with Crippen molar-refractivity contribution in [1.29, 1.82) is 0 Å². The lowest BCUT2D eigenvalue weighted by molar-refractivity contribution is 0.0772. The van der Waals surface area contributed by atoms with E-state index in [1.807, 2.05) is 18.4 Å². The van der Waals surface area contributed by atoms with E-state index in [4.69, 9.17) is 10.9 Å². The SMILES string of the molecule is Cc1ccsc1C(=O)N1CCCC1C(N)=NO. The van der Waals surface area contributed by atoms with Crippen LogP contribution in [0.25, 0.3) is 0 Å². The Labute approximate surface area is 104 Å². The molecular weight excluding hydrogens is 238 g/mol. The molecule has 1 aliphatic rings. The highest BCUT2D eigenvalue weighted by Crippen LogP contribution is 2.24. The predicted octanol–water partition coefficient (Wildman–Crippen LogP) is 1.41. The van der Waals surface area contributed by atoms with Crippen LogP contribution in [0.5, 0.6) is 0 Å². The Bertz CT molecular complexity index is 455. The van der Waals surface area contributed by atoms with Gasteiger partial charge >= 0.3 is 0 Å². The quantitative estimate of drug-likeness (QED) is 0.362. The van der Waals surface area contributed by atoms with Gasteiger partial charge in [-0.15, -0.1) is 11.3 Å². The van der Waals surface area contributed by atoms with Crippen LogP contribution in [0.2, 0.25) is 0 Å². The normalized spacial score (nSPS) is 20.9. The summed E-state index contributed by atoms with van der Waals surface area (Å²) < 4.78 is 0. The maximum atomic E-state index is 12.3. The molecule has 3 N–H and O–H groups in total. The zero-order valence-corrected chi connectivity index (χ0v) is 10.4. The van der Waals surface area contributed by atoms with Gasteiger partial charge in [0.05, 0.1) is 10.9 Å². The van der Waals surface area contributed by atoms with Gasteiger partial charge in [0, 0.05) is 6.54 Å². The number of thiophene rings is 1. The molecule has 1 saturated heterocycles. The van der Waals surface area contributed by atoms with E-state index in [0.29, 0.717) is 6.54 Å². The molecule has 2 heterocycles. The fraction of sp³-hybridized carbons (Fsp3) is 0.455. The number of hydrogen-bond donors (Lipinski definition) is 2. The minimum atomic E-state index is -0.269. The standard InChI is InChI=1S/C11H15N3O2S/c1-7-4-6-17-9(7)11(15)14-5-2-3-8(14)10(12)13-16/h4,6,8,16H,2-3,5H2,1H3,(H2,12,13). The van der Waals surface area contributed by atoms with E-state index in [1.165, 1.54) is 11.3 Å². The minimum Gasteiger partial charge on any atom is -0.409 e. The van der Waals surface area contributed by atoms with E-state index in [-0.39, 0.29) is 17.8 Å². The number of carbonyl (C=O) groups is 1. The van der Waals surface area contributed by atoms with Gasteiger partial charge in [-0.05, 0) is 36.8 Å². The molecule has 1 aromatic rings. The van der Waals surface area contributed by atoms with Gasteiger partial charge in [-0.2, -0.15) is 0 Å². The summed E-state index contributed by atoms with van der Waals surface area (Å²) in [4.78, 5) is 14.7. The fourth-order valence-corrected chi connectivity index (χ4v) is 2.99. The van der Waals surface area contributed by atoms with Crippen molar-refractivity contribution in [3.05, 3.63) is 21.9 Å². The third kappa shape index (κ3) is 2.12. The van der Waals surface area contributed by atoms with Crippen LogP contribution in [0, 0.1) is 6.92 Å². The molecule has 2 rings (SSSR count). The van der Waals surface area contributed by atoms with Crippen LogP contribution >= 0.6 is 11.3 Å². The van der Waals surface area contributed by atoms with Crippen molar-refractivity contribution in [3.8, 4) is 0 Å². The minimum absolute atomic E-state index is 0.0217. The third-order valence-electron chi connectivity index (χ3n) is 3.03. The molecule has 1 unspecified atom stereocenters. The number of oxime groups is 1. The lowest BCUT2D eigenvalue weighted by Crippen LogP contribution is -2.43. The Morgan fingerprint density at radius 1 is 1.71 bits per heavy atom. The molecule has 1 fully saturated rings. The summed E-state index contributed by atoms with van der Waals surface area (Å²) in [6.07, 6.45) is 1.64. The predicted molar refractivity (Wildman–Crippen MR) is 66.5 cm³/mol. The van der Waals surface area contributed by atoms with Crippen LogP contribution in [-0.4, -0.2) is 34.4 Å². The number of rotatable bonds is 2. The topological polar surface area (TPSA) is 78.9 Å². The molecule has 0 aliphatic carbocycles. The van der Waals surface area contributed by atoms with Crippen molar-refractivity contribution in [2.75, 3.05) is 6.54 Å². The molecule has 0 spiro atoms. The van der Waals surface area contributed by atoms with Gasteiger partial charge in [-0.1, -0.05) is 5.16 Å². The van der Waals surface area contributed by atoms with Gasteiger partial charge in [0.15, 0.2) is 5.84 Å². The highest BCUT2D eigenvalue weighted by Gasteiger charge is 2.33. The van der Waals surface area contributed by atoms with Crippen molar-refractivity contribution in [2.24, 2.45) is 10.9 Å². The van der Waals surface area contributed by atoms with E-state index < -0.39 is 0 Å². The first-order valence-corrected chi connectivity index (χ1v) is 6.35. The highest BCUT2D eigenvalue weighted by atomic mass is 32.1. The average Bonchev–Trinajstić information content (AvgIpc) is 2.95. The summed E-state index contributed by atoms with van der Waals surface area (Å²) in [7, 11) is 0. The van der Waals surface area contributed by atoms with Gasteiger partial charge in [-0.25, -0.2) is 0 Å². The van der Waals surface area contributed by atoms with E-state index in [2.05, 4.69) is 5.16 Å². The molecule has 17 heavy (non-hydrogen) atoms. The number of carbonyl (C=O) groups excluding carboxylic acids is 1. The summed E-state index contributed by atoms with van der Waals surface area (Å²) in [6, 6.07) is 1.65. The smallest absolute Gasteiger partial charge is 0.264 e.